The molecule has 1 aliphatic carbocycles. The van der Waals surface area contributed by atoms with Crippen LogP contribution in [-0.4, -0.2) is 47.2 Å². The van der Waals surface area contributed by atoms with E-state index in [1.165, 1.54) is 6.92 Å². The highest BCUT2D eigenvalue weighted by molar-refractivity contribution is 5.75. The van der Waals surface area contributed by atoms with Crippen LogP contribution in [0.4, 0.5) is 4.79 Å². The Morgan fingerprint density at radius 3 is 2.20 bits per heavy atom. The summed E-state index contributed by atoms with van der Waals surface area (Å²) in [5.41, 5.74) is -0.461. The first-order valence-electron chi connectivity index (χ1n) is 8.70. The van der Waals surface area contributed by atoms with Crippen molar-refractivity contribution in [2.75, 3.05) is 6.54 Å². The number of carbonyl (C=O) groups excluding carboxylic acids is 2. The maximum atomic E-state index is 11.9. The van der Waals surface area contributed by atoms with Crippen LogP contribution in [0.1, 0.15) is 59.3 Å². The predicted molar refractivity (Wildman–Crippen MR) is 88.7 cm³/mol. The van der Waals surface area contributed by atoms with Gasteiger partial charge in [0.1, 0.15) is 0 Å². The second-order valence-corrected chi connectivity index (χ2v) is 7.08. The normalized spacial score (nSPS) is 18.9. The molecule has 1 rings (SSSR count). The Morgan fingerprint density at radius 2 is 1.68 bits per heavy atom. The van der Waals surface area contributed by atoms with Gasteiger partial charge in [-0.05, 0) is 24.2 Å². The molecular formula is C17H29NO7. The number of rotatable bonds is 8. The van der Waals surface area contributed by atoms with Gasteiger partial charge in [0.25, 0.3) is 0 Å². The van der Waals surface area contributed by atoms with E-state index >= 15 is 0 Å². The molecule has 0 bridgehead atoms. The van der Waals surface area contributed by atoms with Crippen molar-refractivity contribution in [3.63, 3.8) is 0 Å². The molecule has 8 nitrogen and oxygen atoms in total. The molecule has 0 aromatic rings. The monoisotopic (exact) mass is 359 g/mol. The molecule has 144 valence electrons. The van der Waals surface area contributed by atoms with Crippen molar-refractivity contribution < 1.29 is 34.1 Å². The molecule has 0 saturated heterocycles. The van der Waals surface area contributed by atoms with Gasteiger partial charge in [0, 0.05) is 13.5 Å². The highest BCUT2D eigenvalue weighted by Crippen LogP contribution is 2.38. The smallest absolute Gasteiger partial charge is 0.410 e. The van der Waals surface area contributed by atoms with Gasteiger partial charge in [-0.1, -0.05) is 33.1 Å². The summed E-state index contributed by atoms with van der Waals surface area (Å²) < 4.78 is 9.80. The summed E-state index contributed by atoms with van der Waals surface area (Å²) in [4.78, 5) is 34.6. The Hall–Kier alpha value is -1.83. The van der Waals surface area contributed by atoms with Crippen LogP contribution in [0.25, 0.3) is 0 Å². The Bertz CT molecular complexity index is 472. The average molecular weight is 359 g/mol. The van der Waals surface area contributed by atoms with Crippen molar-refractivity contribution in [1.82, 2.24) is 5.32 Å². The first kappa shape index (κ1) is 21.2. The van der Waals surface area contributed by atoms with Gasteiger partial charge >= 0.3 is 18.0 Å². The zero-order valence-electron chi connectivity index (χ0n) is 15.1. The summed E-state index contributed by atoms with van der Waals surface area (Å²) >= 11 is 0. The number of aliphatic hydroxyl groups is 1. The summed E-state index contributed by atoms with van der Waals surface area (Å²) in [6.07, 6.45) is 1.20. The predicted octanol–water partition coefficient (Wildman–Crippen LogP) is 2.04. The van der Waals surface area contributed by atoms with Gasteiger partial charge in [0.2, 0.25) is 6.29 Å². The number of hydrogen-bond donors (Lipinski definition) is 3. The van der Waals surface area contributed by atoms with E-state index < -0.39 is 35.8 Å². The fourth-order valence-corrected chi connectivity index (χ4v) is 3.02. The molecule has 1 amide bonds. The molecule has 0 aliphatic heterocycles. The van der Waals surface area contributed by atoms with Crippen molar-refractivity contribution in [1.29, 1.82) is 0 Å². The van der Waals surface area contributed by atoms with Crippen LogP contribution >= 0.6 is 0 Å². The lowest BCUT2D eigenvalue weighted by molar-refractivity contribution is -0.177. The minimum Gasteiger partial charge on any atom is -0.481 e. The summed E-state index contributed by atoms with van der Waals surface area (Å²) in [6.45, 7) is 4.90. The van der Waals surface area contributed by atoms with Gasteiger partial charge in [0.15, 0.2) is 6.10 Å². The van der Waals surface area contributed by atoms with Gasteiger partial charge in [-0.25, -0.2) is 9.59 Å². The van der Waals surface area contributed by atoms with Crippen molar-refractivity contribution >= 4 is 18.0 Å². The molecule has 2 unspecified atom stereocenters. The van der Waals surface area contributed by atoms with Crippen molar-refractivity contribution in [2.24, 2.45) is 11.3 Å². The molecule has 0 spiro atoms. The van der Waals surface area contributed by atoms with Crippen LogP contribution in [0.5, 0.6) is 0 Å². The molecule has 2 atom stereocenters. The minimum absolute atomic E-state index is 0.00159. The number of ether oxygens (including phenoxy) is 2. The molecular weight excluding hydrogens is 330 g/mol. The highest BCUT2D eigenvalue weighted by Gasteiger charge is 2.35. The second kappa shape index (κ2) is 9.60. The van der Waals surface area contributed by atoms with E-state index in [-0.39, 0.29) is 18.9 Å². The fourth-order valence-electron chi connectivity index (χ4n) is 3.02. The lowest BCUT2D eigenvalue weighted by Gasteiger charge is -2.36. The number of amides is 1. The van der Waals surface area contributed by atoms with E-state index in [1.807, 2.05) is 0 Å². The van der Waals surface area contributed by atoms with Gasteiger partial charge in [0.05, 0.1) is 6.42 Å². The molecule has 25 heavy (non-hydrogen) atoms. The summed E-state index contributed by atoms with van der Waals surface area (Å²) in [5, 5.41) is 21.3. The SMILES string of the molecule is CC(OC(=O)NCC1(CC(=O)O)CCCCC1)OC(=O)C(O)C(C)C. The first-order valence-corrected chi connectivity index (χ1v) is 8.70. The standard InChI is InChI=1S/C17H29NO7/c1-11(2)14(21)15(22)24-12(3)25-16(23)18-10-17(9-13(19)20)7-5-4-6-8-17/h11-12,14,21H,4-10H2,1-3H3,(H,18,23)(H,19,20). The molecule has 1 saturated carbocycles. The van der Waals surface area contributed by atoms with Gasteiger partial charge in [-0.15, -0.1) is 0 Å². The zero-order valence-corrected chi connectivity index (χ0v) is 15.1. The van der Waals surface area contributed by atoms with Crippen molar-refractivity contribution in [3.8, 4) is 0 Å². The van der Waals surface area contributed by atoms with Gasteiger partial charge in [-0.3, -0.25) is 4.79 Å². The molecule has 1 aliphatic rings. The molecule has 0 aromatic carbocycles. The third-order valence-electron chi connectivity index (χ3n) is 4.48. The summed E-state index contributed by atoms with van der Waals surface area (Å²) in [5.74, 6) is -2.05. The number of alkyl carbamates (subject to hydrolysis) is 1. The maximum Gasteiger partial charge on any atom is 0.410 e. The molecule has 1 fully saturated rings. The van der Waals surface area contributed by atoms with Crippen molar-refractivity contribution in [3.05, 3.63) is 0 Å². The molecule has 3 N–H and O–H groups in total. The average Bonchev–Trinajstić information content (AvgIpc) is 2.52. The van der Waals surface area contributed by atoms with E-state index in [0.717, 1.165) is 32.1 Å². The molecule has 0 heterocycles. The lowest BCUT2D eigenvalue weighted by atomic mass is 9.72. The van der Waals surface area contributed by atoms with Crippen LogP contribution < -0.4 is 5.32 Å². The lowest BCUT2D eigenvalue weighted by Crippen LogP contribution is -2.42. The van der Waals surface area contributed by atoms with Crippen LogP contribution in [0, 0.1) is 11.3 Å². The fraction of sp³-hybridized carbons (Fsp3) is 0.824. The largest absolute Gasteiger partial charge is 0.481 e. The highest BCUT2D eigenvalue weighted by atomic mass is 16.7. The topological polar surface area (TPSA) is 122 Å². The van der Waals surface area contributed by atoms with Crippen LogP contribution in [-0.2, 0) is 19.1 Å². The number of aliphatic hydroxyl groups excluding tert-OH is 1. The van der Waals surface area contributed by atoms with E-state index in [2.05, 4.69) is 5.32 Å². The number of esters is 1. The molecule has 8 heteroatoms. The molecule has 0 aromatic heterocycles. The maximum absolute atomic E-state index is 11.9. The Balaban J connectivity index is 2.46. The van der Waals surface area contributed by atoms with Crippen LogP contribution in [0.15, 0.2) is 0 Å². The summed E-state index contributed by atoms with van der Waals surface area (Å²) in [6, 6.07) is 0. The number of hydrogen-bond acceptors (Lipinski definition) is 6. The van der Waals surface area contributed by atoms with E-state index in [0.29, 0.717) is 0 Å². The Morgan fingerprint density at radius 1 is 1.08 bits per heavy atom. The number of carbonyl (C=O) groups is 3. The zero-order chi connectivity index (χ0) is 19.0. The minimum atomic E-state index is -1.28. The Labute approximate surface area is 147 Å². The van der Waals surface area contributed by atoms with Crippen LogP contribution in [0.2, 0.25) is 0 Å². The van der Waals surface area contributed by atoms with E-state index in [9.17, 15) is 19.5 Å². The van der Waals surface area contributed by atoms with E-state index in [1.54, 1.807) is 13.8 Å². The number of carboxylic acid groups (broad SMARTS) is 1. The third kappa shape index (κ3) is 7.29. The van der Waals surface area contributed by atoms with Crippen molar-refractivity contribution in [2.45, 2.75) is 71.7 Å². The molecule has 0 radical (unpaired) electrons. The third-order valence-corrected chi connectivity index (χ3v) is 4.48. The Kier molecular flexibility index (Phi) is 8.15. The number of nitrogens with one attached hydrogen (secondary N) is 1. The quantitative estimate of drug-likeness (QED) is 0.448. The van der Waals surface area contributed by atoms with Gasteiger partial charge < -0.3 is 25.0 Å². The summed E-state index contributed by atoms with van der Waals surface area (Å²) in [7, 11) is 0. The van der Waals surface area contributed by atoms with Crippen LogP contribution in [0.3, 0.4) is 0 Å². The first-order chi connectivity index (χ1) is 11.6. The van der Waals surface area contributed by atoms with E-state index in [4.69, 9.17) is 14.6 Å². The number of carboxylic acids is 1. The second-order valence-electron chi connectivity index (χ2n) is 7.08. The number of aliphatic carboxylic acids is 1. The van der Waals surface area contributed by atoms with Gasteiger partial charge in [-0.2, -0.15) is 0 Å².